The average Bonchev–Trinajstić information content (AvgIpc) is 3.17. The van der Waals surface area contributed by atoms with Crippen LogP contribution in [0.25, 0.3) is 0 Å². The lowest BCUT2D eigenvalue weighted by Crippen LogP contribution is -2.39. The fraction of sp³-hybridized carbons (Fsp3) is 0.348. The minimum Gasteiger partial charge on any atom is -0.462 e. The zero-order valence-corrected chi connectivity index (χ0v) is 19.4. The summed E-state index contributed by atoms with van der Waals surface area (Å²) in [7, 11) is 0. The fourth-order valence-corrected chi connectivity index (χ4v) is 4.50. The number of para-hydroxylation sites is 1. The van der Waals surface area contributed by atoms with Gasteiger partial charge in [0.05, 0.1) is 17.0 Å². The van der Waals surface area contributed by atoms with Crippen molar-refractivity contribution >= 4 is 45.4 Å². The molecule has 1 saturated heterocycles. The molecule has 1 aromatic heterocycles. The van der Waals surface area contributed by atoms with E-state index in [9.17, 15) is 14.9 Å². The molecule has 10 heteroatoms. The summed E-state index contributed by atoms with van der Waals surface area (Å²) in [6, 6.07) is 10.9. The first-order valence-corrected chi connectivity index (χ1v) is 11.5. The monoisotopic (exact) mass is 466 g/mol. The Morgan fingerprint density at radius 3 is 2.58 bits per heavy atom. The highest BCUT2D eigenvalue weighted by atomic mass is 32.1. The highest BCUT2D eigenvalue weighted by molar-refractivity contribution is 7.18. The van der Waals surface area contributed by atoms with Gasteiger partial charge in [-0.2, -0.15) is 10.4 Å². The predicted molar refractivity (Wildman–Crippen MR) is 129 cm³/mol. The molecule has 2 heterocycles. The van der Waals surface area contributed by atoms with Gasteiger partial charge in [0, 0.05) is 18.8 Å². The van der Waals surface area contributed by atoms with Crippen molar-refractivity contribution in [2.24, 2.45) is 5.10 Å². The summed E-state index contributed by atoms with van der Waals surface area (Å²) in [6.07, 6.45) is 3.03. The Morgan fingerprint density at radius 2 is 1.94 bits per heavy atom. The Labute approximate surface area is 196 Å². The van der Waals surface area contributed by atoms with E-state index in [1.54, 1.807) is 26.0 Å². The van der Waals surface area contributed by atoms with Crippen LogP contribution in [0.2, 0.25) is 0 Å². The summed E-state index contributed by atoms with van der Waals surface area (Å²) < 4.78 is 5.17. The number of piperidine rings is 1. The zero-order chi connectivity index (χ0) is 23.8. The van der Waals surface area contributed by atoms with Gasteiger partial charge in [0.2, 0.25) is 5.71 Å². The van der Waals surface area contributed by atoms with E-state index in [0.717, 1.165) is 30.6 Å². The second kappa shape index (κ2) is 11.2. The van der Waals surface area contributed by atoms with Crippen LogP contribution in [0.1, 0.15) is 51.8 Å². The Morgan fingerprint density at radius 1 is 1.24 bits per heavy atom. The van der Waals surface area contributed by atoms with E-state index >= 15 is 0 Å². The molecule has 0 unspecified atom stereocenters. The van der Waals surface area contributed by atoms with E-state index in [1.165, 1.54) is 0 Å². The molecule has 1 amide bonds. The molecule has 1 aromatic carbocycles. The number of anilines is 2. The Balaban J connectivity index is 1.89. The first kappa shape index (κ1) is 23.9. The van der Waals surface area contributed by atoms with E-state index in [1.807, 2.05) is 29.2 Å². The number of rotatable bonds is 7. The molecule has 1 aliphatic rings. The number of likely N-dealkylation sites (tertiary alicyclic amines) is 1. The van der Waals surface area contributed by atoms with E-state index in [-0.39, 0.29) is 34.6 Å². The van der Waals surface area contributed by atoms with Crippen LogP contribution < -0.4 is 10.7 Å². The van der Waals surface area contributed by atoms with Crippen molar-refractivity contribution in [3.05, 3.63) is 46.3 Å². The number of esters is 1. The van der Waals surface area contributed by atoms with E-state index in [2.05, 4.69) is 15.8 Å². The van der Waals surface area contributed by atoms with Gasteiger partial charge >= 0.3 is 5.97 Å². The van der Waals surface area contributed by atoms with Crippen LogP contribution in [-0.2, 0) is 4.74 Å². The van der Waals surface area contributed by atoms with Gasteiger partial charge < -0.3 is 15.0 Å². The molecule has 2 aromatic rings. The summed E-state index contributed by atoms with van der Waals surface area (Å²) >= 11 is 1.04. The number of ether oxygens (including phenoxy) is 1. The molecule has 0 aliphatic carbocycles. The largest absolute Gasteiger partial charge is 0.462 e. The predicted octanol–water partition coefficient (Wildman–Crippen LogP) is 4.24. The number of nitrogens with one attached hydrogen (secondary N) is 3. The molecule has 0 bridgehead atoms. The van der Waals surface area contributed by atoms with Crippen molar-refractivity contribution in [3.63, 3.8) is 0 Å². The lowest BCUT2D eigenvalue weighted by Gasteiger charge is -2.27. The molecule has 0 spiro atoms. The summed E-state index contributed by atoms with van der Waals surface area (Å²) in [5.74, 6) is -0.919. The van der Waals surface area contributed by atoms with Crippen LogP contribution in [0.15, 0.2) is 35.4 Å². The highest BCUT2D eigenvalue weighted by Gasteiger charge is 2.26. The summed E-state index contributed by atoms with van der Waals surface area (Å²) in [4.78, 5) is 27.6. The van der Waals surface area contributed by atoms with Crippen molar-refractivity contribution < 1.29 is 14.3 Å². The number of nitrogens with zero attached hydrogens (tertiary/aromatic N) is 3. The van der Waals surface area contributed by atoms with Gasteiger partial charge in [-0.1, -0.05) is 18.2 Å². The maximum absolute atomic E-state index is 12.9. The summed E-state index contributed by atoms with van der Waals surface area (Å²) in [5.41, 5.74) is 3.92. The smallest absolute Gasteiger partial charge is 0.341 e. The van der Waals surface area contributed by atoms with Crippen LogP contribution in [0.5, 0.6) is 0 Å². The van der Waals surface area contributed by atoms with Crippen molar-refractivity contribution in [1.82, 2.24) is 4.90 Å². The number of amides is 1. The van der Waals surface area contributed by atoms with Crippen molar-refractivity contribution in [2.45, 2.75) is 33.1 Å². The third-order valence-electron chi connectivity index (χ3n) is 5.14. The van der Waals surface area contributed by atoms with Gasteiger partial charge in [-0.15, -0.1) is 11.3 Å². The summed E-state index contributed by atoms with van der Waals surface area (Å²) in [6.45, 7) is 4.94. The van der Waals surface area contributed by atoms with Gasteiger partial charge in [-0.05, 0) is 50.8 Å². The van der Waals surface area contributed by atoms with Crippen LogP contribution >= 0.6 is 11.3 Å². The Bertz CT molecular complexity index is 1100. The number of thiophene rings is 1. The summed E-state index contributed by atoms with van der Waals surface area (Å²) in [5, 5.41) is 25.1. The molecule has 0 radical (unpaired) electrons. The highest BCUT2D eigenvalue weighted by Crippen LogP contribution is 2.34. The van der Waals surface area contributed by atoms with Crippen LogP contribution in [0, 0.1) is 23.7 Å². The molecule has 172 valence electrons. The zero-order valence-electron chi connectivity index (χ0n) is 18.6. The molecular formula is C23H26N6O3S. The van der Waals surface area contributed by atoms with Gasteiger partial charge in [0.1, 0.15) is 11.1 Å². The van der Waals surface area contributed by atoms with Gasteiger partial charge in [-0.25, -0.2) is 4.79 Å². The maximum Gasteiger partial charge on any atom is 0.341 e. The van der Waals surface area contributed by atoms with Gasteiger partial charge in [0.15, 0.2) is 5.84 Å². The lowest BCUT2D eigenvalue weighted by atomic mass is 10.1. The van der Waals surface area contributed by atoms with Gasteiger partial charge in [0.25, 0.3) is 5.91 Å². The molecule has 1 fully saturated rings. The maximum atomic E-state index is 12.9. The SMILES string of the molecule is CCOC(=O)c1c(N/N=C(/C#N)C(=N)N2CCCCC2)sc(C(=O)Nc2ccccc2)c1C. The average molecular weight is 467 g/mol. The van der Waals surface area contributed by atoms with Crippen LogP contribution in [0.4, 0.5) is 10.7 Å². The Hall–Kier alpha value is -3.71. The van der Waals surface area contributed by atoms with E-state index in [4.69, 9.17) is 10.1 Å². The quantitative estimate of drug-likeness (QED) is 0.242. The second-order valence-electron chi connectivity index (χ2n) is 7.38. The lowest BCUT2D eigenvalue weighted by molar-refractivity contribution is 0.0527. The number of amidine groups is 1. The molecule has 9 nitrogen and oxygen atoms in total. The second-order valence-corrected chi connectivity index (χ2v) is 8.40. The fourth-order valence-electron chi connectivity index (χ4n) is 3.47. The first-order valence-electron chi connectivity index (χ1n) is 10.7. The van der Waals surface area contributed by atoms with Crippen molar-refractivity contribution in [3.8, 4) is 6.07 Å². The number of hydrogen-bond donors (Lipinski definition) is 3. The number of carbonyl (C=O) groups is 2. The molecule has 33 heavy (non-hydrogen) atoms. The third kappa shape index (κ3) is 5.75. The van der Waals surface area contributed by atoms with Crippen LogP contribution in [-0.4, -0.2) is 48.0 Å². The normalized spacial score (nSPS) is 13.7. The van der Waals surface area contributed by atoms with Crippen LogP contribution in [0.3, 0.4) is 0 Å². The number of nitriles is 1. The molecule has 0 atom stereocenters. The first-order chi connectivity index (χ1) is 16.0. The molecule has 3 N–H and O–H groups in total. The number of carbonyl (C=O) groups excluding carboxylic acids is 2. The van der Waals surface area contributed by atoms with Crippen molar-refractivity contribution in [1.29, 1.82) is 10.7 Å². The minimum absolute atomic E-state index is 0.0395. The standard InChI is InChI=1S/C23H26N6O3S/c1-3-32-23(31)18-15(2)19(21(30)26-16-10-6-4-7-11-16)33-22(18)28-27-17(14-24)20(25)29-12-8-5-9-13-29/h4,6-7,10-11,25,28H,3,5,8-9,12-13H2,1-2H3,(H,26,30)/b25-20?,27-17-. The molecular weight excluding hydrogens is 440 g/mol. The number of hydrazone groups is 1. The molecule has 0 saturated carbocycles. The third-order valence-corrected chi connectivity index (χ3v) is 6.33. The minimum atomic E-state index is -0.590. The molecule has 3 rings (SSSR count). The topological polar surface area (TPSA) is 131 Å². The van der Waals surface area contributed by atoms with Crippen molar-refractivity contribution in [2.75, 3.05) is 30.4 Å². The molecule has 1 aliphatic heterocycles. The van der Waals surface area contributed by atoms with E-state index in [0.29, 0.717) is 29.2 Å². The number of benzene rings is 1. The van der Waals surface area contributed by atoms with Gasteiger partial charge in [-0.3, -0.25) is 15.6 Å². The number of hydrogen-bond acceptors (Lipinski definition) is 8. The van der Waals surface area contributed by atoms with E-state index < -0.39 is 5.97 Å². The Kier molecular flexibility index (Phi) is 8.16.